The highest BCUT2D eigenvalue weighted by atomic mass is 32.2. The highest BCUT2D eigenvalue weighted by Crippen LogP contribution is 2.50. The SMILES string of the molecule is [2H]C([2H])(C)C([2H])([2H])Sc1nc(N[C@]2([2H])C[C@H]2c2ccc(C)c(F)c2)c2nnn([C@]3([2H])C([2H])([2H])[C@]([2H])(OC([2H])([2H])C([2H])([2H])O)[C@@]([2H])(O)[C@@]3([2H])O)c2n1.[2H]C([2H])(CO)O[C@@]1([2H])C([2H])([2H])[C@@]([2H])(n2nnc3c(N[C@]4([2H])C[C@H]4c4ccc(C)c(F)c4)nc(SC([2H])([2H])C([2H])([2H])C)nc32)[C@]([2H])(O)[C@]1([2H])O.[2H]C([2H])(O)CO[C@@]1([2H])C([2H])([2H])[C@@]([2H])(n2nnc3c(N[C@]4([2H])C[C@H]4c4ccc(C)c(F)c4)nc(SC([2H])([2H])C([2H])([2H])C)nc32)[C@]([2H])(O)[C@]1([2H])O.[2H]C1([2H])[C@@H](c2ccc(C)c(F)c2)[C@]1([2H])Nc1nc(SCCC)nc2c1nnn2[C@]1([2H])C([2H])([2H])[C@]([2H])(OCCO)[C@@]([2H])(O)[C@@]1([2H])O. The molecule has 4 aromatic carbocycles. The van der Waals surface area contributed by atoms with E-state index in [1.165, 1.54) is 55.5 Å². The summed E-state index contributed by atoms with van der Waals surface area (Å²) in [6.45, 7) is -8.57. The maximum Gasteiger partial charge on any atom is 0.191 e. The van der Waals surface area contributed by atoms with E-state index in [1.807, 2.05) is 6.92 Å². The molecule has 0 aliphatic heterocycles. The van der Waals surface area contributed by atoms with E-state index in [1.54, 1.807) is 39.0 Å². The predicted octanol–water partition coefficient (Wildman–Crippen LogP) is 8.73. The summed E-state index contributed by atoms with van der Waals surface area (Å²) in [7, 11) is 0. The molecule has 8 aromatic heterocycles. The zero-order valence-corrected chi connectivity index (χ0v) is 79.5. The van der Waals surface area contributed by atoms with Crippen molar-refractivity contribution in [2.24, 2.45) is 0 Å². The minimum atomic E-state index is -4.39. The first-order valence-corrected chi connectivity index (χ1v) is 46.4. The van der Waals surface area contributed by atoms with Crippen LogP contribution >= 0.6 is 47.0 Å². The van der Waals surface area contributed by atoms with Gasteiger partial charge in [-0.25, -0.2) is 76.2 Å². The largest absolute Gasteiger partial charge is 0.394 e. The van der Waals surface area contributed by atoms with Crippen LogP contribution in [0.5, 0.6) is 0 Å². The van der Waals surface area contributed by atoms with E-state index in [9.17, 15) is 78.8 Å². The topological polar surface area (TPSA) is 554 Å². The zero-order chi connectivity index (χ0) is 147. The highest BCUT2D eigenvalue weighted by Gasteiger charge is 2.51. The lowest BCUT2D eigenvalue weighted by molar-refractivity contribution is -0.0629. The van der Waals surface area contributed by atoms with Gasteiger partial charge in [0.15, 0.2) is 88.6 Å². The predicted molar refractivity (Wildman–Crippen MR) is 530 cm³/mol. The number of nitrogens with one attached hydrogen (secondary N) is 4. The van der Waals surface area contributed by atoms with E-state index in [0.717, 1.165) is 38.6 Å². The molecule has 48 heteroatoms. The van der Waals surface area contributed by atoms with Crippen LogP contribution in [0.3, 0.4) is 0 Å². The number of aromatic nitrogens is 20. The fourth-order valence-electron chi connectivity index (χ4n) is 14.2. The monoisotopic (exact) mass is 2120 g/mol. The van der Waals surface area contributed by atoms with Crippen LogP contribution in [0.1, 0.15) is 265 Å². The van der Waals surface area contributed by atoms with Crippen molar-refractivity contribution in [3.05, 3.63) is 141 Å². The molecular weight excluding hydrogens is 1950 g/mol. The van der Waals surface area contributed by atoms with E-state index in [4.69, 9.17) is 78.0 Å². The van der Waals surface area contributed by atoms with Crippen LogP contribution in [-0.2, 0) is 18.9 Å². The Bertz CT molecular complexity index is 9220. The normalized spacial score (nSPS) is 45.7. The number of aryl methyl sites for hydroxylation is 4. The molecule has 8 aliphatic carbocycles. The fraction of sp³-hybridized carbons (Fsp3) is 0.583. The van der Waals surface area contributed by atoms with Crippen LogP contribution in [0.4, 0.5) is 40.8 Å². The van der Waals surface area contributed by atoms with Gasteiger partial charge in [0.1, 0.15) is 71.9 Å². The van der Waals surface area contributed by atoms with Crippen molar-refractivity contribution in [2.45, 2.75) is 297 Å². The summed E-state index contributed by atoms with van der Waals surface area (Å²) in [5.41, 5.74) is -10.2. The van der Waals surface area contributed by atoms with E-state index >= 15 is 0 Å². The third kappa shape index (κ3) is 23.8. The lowest BCUT2D eigenvalue weighted by Gasteiger charge is -2.17. The molecule has 776 valence electrons. The van der Waals surface area contributed by atoms with Crippen LogP contribution in [0, 0.1) is 51.0 Å². The van der Waals surface area contributed by atoms with Crippen molar-refractivity contribution < 1.29 is 166 Å². The molecule has 0 spiro atoms. The summed E-state index contributed by atoms with van der Waals surface area (Å²) < 4.78 is 494. The number of rotatable bonds is 40. The summed E-state index contributed by atoms with van der Waals surface area (Å²) in [6.07, 6.45) is -73.3. The summed E-state index contributed by atoms with van der Waals surface area (Å²) in [4.78, 5) is 33.2. The molecule has 8 aliphatic rings. The van der Waals surface area contributed by atoms with Gasteiger partial charge in [-0.3, -0.25) is 0 Å². The van der Waals surface area contributed by atoms with Crippen molar-refractivity contribution >= 4 is 115 Å². The number of hydrogen-bond acceptors (Lipinski definition) is 40. The minimum Gasteiger partial charge on any atom is -0.394 e. The number of aliphatic hydroxyl groups excluding tert-OH is 2. The number of anilines is 4. The van der Waals surface area contributed by atoms with Gasteiger partial charge in [-0.2, -0.15) is 0 Å². The zero-order valence-electron chi connectivity index (χ0n) is 126. The molecule has 8 fully saturated rings. The summed E-state index contributed by atoms with van der Waals surface area (Å²) in [5, 5.41) is 165. The smallest absolute Gasteiger partial charge is 0.191 e. The van der Waals surface area contributed by atoms with Gasteiger partial charge in [0.25, 0.3) is 0 Å². The summed E-state index contributed by atoms with van der Waals surface area (Å²) in [6, 6.07) is -4.98. The Morgan fingerprint density at radius 1 is 0.368 bits per heavy atom. The molecule has 0 unspecified atom stereocenters. The summed E-state index contributed by atoms with van der Waals surface area (Å²) in [5.74, 6) is -6.31. The molecule has 24 atom stereocenters. The van der Waals surface area contributed by atoms with Crippen molar-refractivity contribution in [3.63, 3.8) is 0 Å². The van der Waals surface area contributed by atoms with E-state index < -0.39 is 361 Å². The number of fused-ring (bicyclic) bond motifs is 4. The number of halogens is 4. The second kappa shape index (κ2) is 47.3. The molecule has 144 heavy (non-hydrogen) atoms. The first kappa shape index (κ1) is 59.6. The Morgan fingerprint density at radius 3 is 0.958 bits per heavy atom. The molecule has 8 heterocycles. The van der Waals surface area contributed by atoms with Crippen LogP contribution < -0.4 is 21.3 Å². The molecule has 0 radical (unpaired) electrons. The van der Waals surface area contributed by atoms with Gasteiger partial charge in [0.05, 0.1) is 139 Å². The van der Waals surface area contributed by atoms with Gasteiger partial charge in [-0.05, 0) is 148 Å². The molecular formula is C96H124F4N24O16S4. The second-order valence-corrected chi connectivity index (χ2v) is 34.8. The lowest BCUT2D eigenvalue weighted by Crippen LogP contribution is -2.33. The molecule has 0 bridgehead atoms. The van der Waals surface area contributed by atoms with E-state index in [0.29, 0.717) is 55.8 Å². The van der Waals surface area contributed by atoms with Gasteiger partial charge in [0.2, 0.25) is 0 Å². The number of hydrogen-bond donors (Lipinski definition) is 16. The Kier molecular flexibility index (Phi) is 19.6. The Morgan fingerprint density at radius 2 is 0.667 bits per heavy atom. The first-order chi connectivity index (χ1) is 87.4. The lowest BCUT2D eigenvalue weighted by atomic mass is 10.1. The molecule has 0 saturated heterocycles. The number of nitrogens with zero attached hydrogens (tertiary/aromatic N) is 20. The molecule has 40 nitrogen and oxygen atoms in total. The second-order valence-electron chi connectivity index (χ2n) is 31.4. The maximum atomic E-state index is 14.4. The van der Waals surface area contributed by atoms with Crippen LogP contribution in [0.25, 0.3) is 44.7 Å². The number of benzene rings is 4. The Hall–Kier alpha value is -9.52. The molecule has 16 N–H and O–H groups in total. The quantitative estimate of drug-likeness (QED) is 0.00969. The van der Waals surface area contributed by atoms with Gasteiger partial charge in [-0.1, -0.05) is 144 Å². The van der Waals surface area contributed by atoms with Crippen molar-refractivity contribution in [3.8, 4) is 0 Å². The molecule has 12 aromatic rings. The van der Waals surface area contributed by atoms with Crippen LogP contribution in [0.15, 0.2) is 93.4 Å². The first-order valence-electron chi connectivity index (χ1n) is 68.0. The van der Waals surface area contributed by atoms with E-state index in [-0.39, 0.29) is 90.6 Å². The Labute approximate surface area is 913 Å². The average Bonchev–Trinajstić information content (AvgIpc) is 1.49. The number of ether oxygens (including phenoxy) is 4. The van der Waals surface area contributed by atoms with Crippen LogP contribution in [-0.4, -0.2) is 334 Å². The minimum absolute atomic E-state index is 0.00107. The summed E-state index contributed by atoms with van der Waals surface area (Å²) >= 11 is 1.41. The third-order valence-electron chi connectivity index (χ3n) is 21.7. The molecule has 0 amide bonds. The van der Waals surface area contributed by atoms with Crippen LogP contribution in [0.2, 0.25) is 0 Å². The highest BCUT2D eigenvalue weighted by molar-refractivity contribution is 7.99. The number of aliphatic hydroxyl groups is 12. The van der Waals surface area contributed by atoms with Gasteiger partial charge < -0.3 is 101 Å². The average molecular weight is 2120 g/mol. The van der Waals surface area contributed by atoms with Crippen molar-refractivity contribution in [1.82, 2.24) is 99.8 Å². The van der Waals surface area contributed by atoms with Gasteiger partial charge in [0, 0.05) is 126 Å². The molecule has 8 saturated carbocycles. The number of thioether (sulfide) groups is 4. The fourth-order valence-corrected chi connectivity index (χ4v) is 16.3. The van der Waals surface area contributed by atoms with Gasteiger partial charge in [-0.15, -0.1) is 20.4 Å². The van der Waals surface area contributed by atoms with Crippen molar-refractivity contribution in [2.75, 3.05) is 96.8 Å². The molecule has 20 rings (SSSR count). The van der Waals surface area contributed by atoms with E-state index in [2.05, 4.69) is 112 Å². The third-order valence-corrected chi connectivity index (χ3v) is 24.8. The Balaban J connectivity index is 0.000000169. The van der Waals surface area contributed by atoms with Crippen molar-refractivity contribution in [1.29, 1.82) is 0 Å². The maximum absolute atomic E-state index is 14.4. The standard InChI is InChI=1S/4C24H31FN6O4S/c4*1-3-8-36-24-27-22(26-16-10-14(16)13-5-4-12(2)15(25)9-13)19-23(28-24)31(30-29-19)17-11-18(35-7-6-32)21(34)20(17)33/h4*4-5,9,14,16-18,20-21,32-34H,3,6-8,10-11H2,1-2H3,(H,26,27,28)/t4*14-,16+,17+,18-,20-,21+/m0000/s1/i3D2,6D2,7D2,8D2,11D2,16D,17D,18D,20D,21D;3D2,7D2,8D2,11D2,16D,17D,18D,20D,21D;3D2,6D2,8D2,11D2,16D,17D,18D,20D,21D;10D2,11D2,16D,17D,18D,20D,21D. The van der Waals surface area contributed by atoms with Gasteiger partial charge >= 0.3 is 0 Å².